The Hall–Kier alpha value is -3.92. The number of hydrogen-bond donors (Lipinski definition) is 1. The van der Waals surface area contributed by atoms with E-state index in [4.69, 9.17) is 19.2 Å². The molecule has 0 spiro atoms. The molecule has 190 valence electrons. The molecular formula is C27H24N2O7S. The Morgan fingerprint density at radius 2 is 1.95 bits per heavy atom. The van der Waals surface area contributed by atoms with Gasteiger partial charge in [-0.3, -0.25) is 4.79 Å². The number of hydrogen-bond acceptors (Lipinski definition) is 8. The van der Waals surface area contributed by atoms with E-state index in [1.807, 2.05) is 48.5 Å². The molecule has 0 saturated carbocycles. The number of amides is 1. The van der Waals surface area contributed by atoms with Gasteiger partial charge >= 0.3 is 5.97 Å². The number of benzene rings is 2. The molecule has 1 aromatic heterocycles. The number of aromatic nitrogens is 1. The molecule has 6 rings (SSSR count). The van der Waals surface area contributed by atoms with Crippen LogP contribution in [0.3, 0.4) is 0 Å². The van der Waals surface area contributed by atoms with Gasteiger partial charge in [0.05, 0.1) is 28.3 Å². The second-order valence-corrected chi connectivity index (χ2v) is 11.6. The van der Waals surface area contributed by atoms with E-state index in [1.165, 1.54) is 0 Å². The highest BCUT2D eigenvalue weighted by Crippen LogP contribution is 2.39. The molecule has 2 aliphatic heterocycles. The summed E-state index contributed by atoms with van der Waals surface area (Å²) in [4.78, 5) is 30.5. The first-order chi connectivity index (χ1) is 17.9. The second kappa shape index (κ2) is 9.19. The number of ether oxygens (including phenoxy) is 3. The highest BCUT2D eigenvalue weighted by molar-refractivity contribution is 7.91. The molecule has 9 nitrogen and oxygen atoms in total. The quantitative estimate of drug-likeness (QED) is 0.510. The van der Waals surface area contributed by atoms with E-state index in [2.05, 4.69) is 5.32 Å². The van der Waals surface area contributed by atoms with Crippen LogP contribution in [-0.4, -0.2) is 56.2 Å². The van der Waals surface area contributed by atoms with Crippen LogP contribution in [0.25, 0.3) is 22.6 Å². The van der Waals surface area contributed by atoms with Crippen LogP contribution in [0, 0.1) is 0 Å². The largest absolute Gasteiger partial charge is 0.454 e. The molecule has 3 heterocycles. The normalized spacial score (nSPS) is 20.2. The lowest BCUT2D eigenvalue weighted by atomic mass is 10.0. The summed E-state index contributed by atoms with van der Waals surface area (Å²) in [6, 6.07) is 12.6. The first-order valence-corrected chi connectivity index (χ1v) is 13.9. The van der Waals surface area contributed by atoms with Crippen molar-refractivity contribution in [1.29, 1.82) is 0 Å². The van der Waals surface area contributed by atoms with E-state index in [0.717, 1.165) is 22.4 Å². The first kappa shape index (κ1) is 23.5. The van der Waals surface area contributed by atoms with Gasteiger partial charge in [0, 0.05) is 11.4 Å². The summed E-state index contributed by atoms with van der Waals surface area (Å²) < 4.78 is 39.6. The number of nitrogens with one attached hydrogen (secondary N) is 1. The number of rotatable bonds is 5. The van der Waals surface area contributed by atoms with Gasteiger partial charge in [-0.2, -0.15) is 0 Å². The summed E-state index contributed by atoms with van der Waals surface area (Å²) in [7, 11) is -3.13. The number of nitrogens with zero attached hydrogens (tertiary/aromatic N) is 1. The van der Waals surface area contributed by atoms with Crippen molar-refractivity contribution in [2.45, 2.75) is 25.3 Å². The summed E-state index contributed by atoms with van der Waals surface area (Å²) >= 11 is 0. The Labute approximate surface area is 213 Å². The summed E-state index contributed by atoms with van der Waals surface area (Å²) in [5.74, 6) is 0.239. The molecule has 2 aromatic carbocycles. The molecule has 3 aromatic rings. The van der Waals surface area contributed by atoms with Crippen LogP contribution in [0.4, 0.5) is 0 Å². The van der Waals surface area contributed by atoms with E-state index >= 15 is 0 Å². The van der Waals surface area contributed by atoms with Crippen molar-refractivity contribution in [3.05, 3.63) is 64.8 Å². The van der Waals surface area contributed by atoms with Gasteiger partial charge in [0.25, 0.3) is 5.91 Å². The van der Waals surface area contributed by atoms with Gasteiger partial charge < -0.3 is 19.5 Å². The van der Waals surface area contributed by atoms with Crippen molar-refractivity contribution in [2.75, 3.05) is 24.9 Å². The summed E-state index contributed by atoms with van der Waals surface area (Å²) in [5, 5.41) is 3.31. The zero-order chi connectivity index (χ0) is 25.6. The van der Waals surface area contributed by atoms with Gasteiger partial charge in [0.1, 0.15) is 0 Å². The Balaban J connectivity index is 1.27. The van der Waals surface area contributed by atoms with E-state index in [-0.39, 0.29) is 18.3 Å². The van der Waals surface area contributed by atoms with Crippen LogP contribution in [0.15, 0.2) is 42.5 Å². The molecule has 1 unspecified atom stereocenters. The van der Waals surface area contributed by atoms with Gasteiger partial charge in [-0.25, -0.2) is 18.2 Å². The van der Waals surface area contributed by atoms with Crippen LogP contribution in [0.5, 0.6) is 11.5 Å². The fourth-order valence-corrected chi connectivity index (χ4v) is 6.77. The summed E-state index contributed by atoms with van der Waals surface area (Å²) in [6.45, 7) is -0.282. The van der Waals surface area contributed by atoms with Crippen molar-refractivity contribution in [3.63, 3.8) is 0 Å². The summed E-state index contributed by atoms with van der Waals surface area (Å²) in [6.07, 6.45) is 3.71. The third kappa shape index (κ3) is 4.64. The van der Waals surface area contributed by atoms with E-state index in [9.17, 15) is 18.0 Å². The number of fused-ring (bicyclic) bond motifs is 3. The topological polar surface area (TPSA) is 121 Å². The number of carbonyl (C=O) groups excluding carboxylic acids is 2. The Bertz CT molecular complexity index is 1580. The standard InChI is InChI=1S/C27H24N2O7S/c30-24(28-18-9-10-37(32,33)14-18)13-34-27(31)25-19-3-1-2-4-21(19)29-26-17(6-7-20(25)26)11-16-5-8-22-23(12-16)36-15-35-22/h1-5,8,11-12,18H,6-7,9-10,13-15H2,(H,28,30)/b17-11-. The van der Waals surface area contributed by atoms with Crippen molar-refractivity contribution in [1.82, 2.24) is 10.3 Å². The minimum Gasteiger partial charge on any atom is -0.454 e. The van der Waals surface area contributed by atoms with Gasteiger partial charge in [0.2, 0.25) is 6.79 Å². The van der Waals surface area contributed by atoms with E-state index in [0.29, 0.717) is 47.2 Å². The molecule has 3 aliphatic rings. The van der Waals surface area contributed by atoms with Gasteiger partial charge in [-0.15, -0.1) is 0 Å². The van der Waals surface area contributed by atoms with Crippen molar-refractivity contribution in [3.8, 4) is 11.5 Å². The van der Waals surface area contributed by atoms with Gasteiger partial charge in [-0.1, -0.05) is 24.3 Å². The minimum absolute atomic E-state index is 0.0506. The average molecular weight is 521 g/mol. The van der Waals surface area contributed by atoms with Crippen molar-refractivity contribution < 1.29 is 32.2 Å². The Kier molecular flexibility index (Phi) is 5.83. The molecule has 10 heteroatoms. The van der Waals surface area contributed by atoms with Crippen LogP contribution in [-0.2, 0) is 25.8 Å². The van der Waals surface area contributed by atoms with Crippen molar-refractivity contribution in [2.24, 2.45) is 0 Å². The number of allylic oxidation sites excluding steroid dienone is 1. The number of sulfone groups is 1. The fraction of sp³-hybridized carbons (Fsp3) is 0.296. The Morgan fingerprint density at radius 1 is 1.11 bits per heavy atom. The predicted molar refractivity (Wildman–Crippen MR) is 136 cm³/mol. The van der Waals surface area contributed by atoms with Gasteiger partial charge in [-0.05, 0) is 60.2 Å². The molecule has 1 saturated heterocycles. The van der Waals surface area contributed by atoms with Crippen LogP contribution in [0.1, 0.15) is 40.0 Å². The zero-order valence-electron chi connectivity index (χ0n) is 19.9. The smallest absolute Gasteiger partial charge is 0.339 e. The zero-order valence-corrected chi connectivity index (χ0v) is 20.7. The maximum absolute atomic E-state index is 13.3. The highest BCUT2D eigenvalue weighted by Gasteiger charge is 2.30. The lowest BCUT2D eigenvalue weighted by Gasteiger charge is -2.14. The third-order valence-electron chi connectivity index (χ3n) is 6.82. The predicted octanol–water partition coefficient (Wildman–Crippen LogP) is 2.91. The van der Waals surface area contributed by atoms with Crippen molar-refractivity contribution >= 4 is 44.3 Å². The SMILES string of the molecule is O=C(COC(=O)c1c2c(nc3ccccc13)/C(=C\c1ccc3c(c1)OCO3)CC2)NC1CCS(=O)(=O)C1. The number of carbonyl (C=O) groups is 2. The van der Waals surface area contributed by atoms with E-state index < -0.39 is 34.4 Å². The summed E-state index contributed by atoms with van der Waals surface area (Å²) in [5.41, 5.74) is 4.53. The lowest BCUT2D eigenvalue weighted by Crippen LogP contribution is -2.38. The third-order valence-corrected chi connectivity index (χ3v) is 8.58. The molecule has 1 amide bonds. The van der Waals surface area contributed by atoms with Gasteiger partial charge in [0.15, 0.2) is 27.9 Å². The van der Waals surface area contributed by atoms with Crippen LogP contribution < -0.4 is 14.8 Å². The molecule has 1 aliphatic carbocycles. The highest BCUT2D eigenvalue weighted by atomic mass is 32.2. The molecule has 1 fully saturated rings. The molecule has 0 radical (unpaired) electrons. The first-order valence-electron chi connectivity index (χ1n) is 12.1. The fourth-order valence-electron chi connectivity index (χ4n) is 5.10. The molecule has 1 N–H and O–H groups in total. The van der Waals surface area contributed by atoms with Crippen LogP contribution in [0.2, 0.25) is 0 Å². The molecule has 0 bridgehead atoms. The molecule has 1 atom stereocenters. The lowest BCUT2D eigenvalue weighted by molar-refractivity contribution is -0.124. The number of esters is 1. The minimum atomic E-state index is -3.13. The monoisotopic (exact) mass is 520 g/mol. The average Bonchev–Trinajstić information content (AvgIpc) is 3.59. The maximum atomic E-state index is 13.3. The molecule has 37 heavy (non-hydrogen) atoms. The number of pyridine rings is 1. The second-order valence-electron chi connectivity index (χ2n) is 9.36. The van der Waals surface area contributed by atoms with E-state index in [1.54, 1.807) is 0 Å². The maximum Gasteiger partial charge on any atom is 0.339 e. The number of para-hydroxylation sites is 1. The van der Waals surface area contributed by atoms with Crippen LogP contribution >= 0.6 is 0 Å². The Morgan fingerprint density at radius 3 is 2.78 bits per heavy atom. The molecular weight excluding hydrogens is 496 g/mol.